The van der Waals surface area contributed by atoms with Crippen LogP contribution in [0, 0.1) is 0 Å². The molecule has 0 N–H and O–H groups in total. The average Bonchev–Trinajstić information content (AvgIpc) is 2.99. The van der Waals surface area contributed by atoms with E-state index in [1.807, 2.05) is 0 Å². The van der Waals surface area contributed by atoms with Crippen molar-refractivity contribution in [3.63, 3.8) is 0 Å². The Morgan fingerprint density at radius 1 is 1.11 bits per heavy atom. The summed E-state index contributed by atoms with van der Waals surface area (Å²) in [7, 11) is 0. The Bertz CT molecular complexity index is 677. The number of halogens is 2. The molecular formula is C12H6Cl2N2O2. The van der Waals surface area contributed by atoms with E-state index in [2.05, 4.69) is 10.1 Å². The minimum absolute atomic E-state index is 0.306. The van der Waals surface area contributed by atoms with Gasteiger partial charge < -0.3 is 8.94 Å². The number of rotatable bonds is 2. The van der Waals surface area contributed by atoms with Gasteiger partial charge in [-0.05, 0) is 30.3 Å². The van der Waals surface area contributed by atoms with Gasteiger partial charge >= 0.3 is 0 Å². The lowest BCUT2D eigenvalue weighted by Crippen LogP contribution is -1.82. The van der Waals surface area contributed by atoms with Crippen molar-refractivity contribution in [2.45, 2.75) is 0 Å². The van der Waals surface area contributed by atoms with Gasteiger partial charge in [0.25, 0.3) is 5.89 Å². The summed E-state index contributed by atoms with van der Waals surface area (Å²) in [6.07, 6.45) is 1.54. The van der Waals surface area contributed by atoms with Gasteiger partial charge in [-0.2, -0.15) is 4.98 Å². The normalized spacial score (nSPS) is 10.8. The SMILES string of the molecule is Clc1ccc(-c2noc(-c3ccco3)n2)c(Cl)c1. The van der Waals surface area contributed by atoms with Crippen molar-refractivity contribution in [1.82, 2.24) is 10.1 Å². The summed E-state index contributed by atoms with van der Waals surface area (Å²) in [6, 6.07) is 8.56. The van der Waals surface area contributed by atoms with E-state index in [9.17, 15) is 0 Å². The summed E-state index contributed by atoms with van der Waals surface area (Å²) in [4.78, 5) is 4.21. The minimum Gasteiger partial charge on any atom is -0.459 e. The monoisotopic (exact) mass is 280 g/mol. The quantitative estimate of drug-likeness (QED) is 0.702. The molecular weight excluding hydrogens is 275 g/mol. The smallest absolute Gasteiger partial charge is 0.293 e. The standard InChI is InChI=1S/C12H6Cl2N2O2/c13-7-3-4-8(9(14)6-7)11-15-12(18-16-11)10-2-1-5-17-10/h1-6H. The summed E-state index contributed by atoms with van der Waals surface area (Å²) in [5.41, 5.74) is 0.655. The molecule has 18 heavy (non-hydrogen) atoms. The van der Waals surface area contributed by atoms with E-state index in [0.29, 0.717) is 33.1 Å². The number of furan rings is 1. The van der Waals surface area contributed by atoms with Crippen LogP contribution in [0.3, 0.4) is 0 Å². The Kier molecular flexibility index (Phi) is 2.81. The van der Waals surface area contributed by atoms with E-state index in [0.717, 1.165) is 0 Å². The van der Waals surface area contributed by atoms with Crippen LogP contribution in [0.25, 0.3) is 23.0 Å². The highest BCUT2D eigenvalue weighted by molar-refractivity contribution is 6.36. The second-order valence-electron chi connectivity index (χ2n) is 3.52. The predicted molar refractivity (Wildman–Crippen MR) is 67.5 cm³/mol. The Morgan fingerprint density at radius 2 is 2.00 bits per heavy atom. The largest absolute Gasteiger partial charge is 0.459 e. The fraction of sp³-hybridized carbons (Fsp3) is 0. The zero-order chi connectivity index (χ0) is 12.5. The topological polar surface area (TPSA) is 52.1 Å². The highest BCUT2D eigenvalue weighted by Gasteiger charge is 2.14. The number of nitrogens with zero attached hydrogens (tertiary/aromatic N) is 2. The highest BCUT2D eigenvalue weighted by Crippen LogP contribution is 2.29. The van der Waals surface area contributed by atoms with Crippen molar-refractivity contribution in [2.24, 2.45) is 0 Å². The van der Waals surface area contributed by atoms with Gasteiger partial charge in [-0.25, -0.2) is 0 Å². The van der Waals surface area contributed by atoms with Crippen molar-refractivity contribution in [1.29, 1.82) is 0 Å². The first-order chi connectivity index (χ1) is 8.74. The Labute approximate surface area is 112 Å². The first kappa shape index (κ1) is 11.3. The van der Waals surface area contributed by atoms with Crippen LogP contribution in [-0.2, 0) is 0 Å². The molecule has 2 aromatic heterocycles. The summed E-state index contributed by atoms with van der Waals surface area (Å²) in [5, 5.41) is 4.88. The van der Waals surface area contributed by atoms with E-state index in [1.54, 1.807) is 30.3 Å². The van der Waals surface area contributed by atoms with Crippen LogP contribution in [0.4, 0.5) is 0 Å². The maximum absolute atomic E-state index is 6.07. The molecule has 3 aromatic rings. The van der Waals surface area contributed by atoms with Crippen molar-refractivity contribution in [3.05, 3.63) is 46.6 Å². The highest BCUT2D eigenvalue weighted by atomic mass is 35.5. The third-order valence-corrected chi connectivity index (χ3v) is 2.88. The van der Waals surface area contributed by atoms with E-state index in [1.165, 1.54) is 6.26 Å². The molecule has 0 saturated heterocycles. The van der Waals surface area contributed by atoms with E-state index in [-0.39, 0.29) is 0 Å². The molecule has 0 atom stereocenters. The summed E-state index contributed by atoms with van der Waals surface area (Å²) in [5.74, 6) is 1.21. The van der Waals surface area contributed by atoms with Crippen LogP contribution in [0.2, 0.25) is 10.0 Å². The second-order valence-corrected chi connectivity index (χ2v) is 4.37. The van der Waals surface area contributed by atoms with E-state index < -0.39 is 0 Å². The van der Waals surface area contributed by atoms with Gasteiger partial charge in [0, 0.05) is 10.6 Å². The first-order valence-electron chi connectivity index (χ1n) is 5.07. The summed E-state index contributed by atoms with van der Waals surface area (Å²) >= 11 is 11.9. The molecule has 1 aromatic carbocycles. The zero-order valence-corrected chi connectivity index (χ0v) is 10.4. The van der Waals surface area contributed by atoms with Gasteiger partial charge in [0.1, 0.15) is 0 Å². The van der Waals surface area contributed by atoms with Crippen molar-refractivity contribution < 1.29 is 8.94 Å². The third kappa shape index (κ3) is 2.00. The third-order valence-electron chi connectivity index (χ3n) is 2.33. The van der Waals surface area contributed by atoms with Gasteiger partial charge in [0.05, 0.1) is 11.3 Å². The van der Waals surface area contributed by atoms with Crippen molar-refractivity contribution >= 4 is 23.2 Å². The molecule has 0 saturated carbocycles. The van der Waals surface area contributed by atoms with E-state index >= 15 is 0 Å². The molecule has 0 aliphatic heterocycles. The minimum atomic E-state index is 0.306. The zero-order valence-electron chi connectivity index (χ0n) is 8.93. The van der Waals surface area contributed by atoms with E-state index in [4.69, 9.17) is 32.1 Å². The molecule has 2 heterocycles. The summed E-state index contributed by atoms with van der Waals surface area (Å²) in [6.45, 7) is 0. The van der Waals surface area contributed by atoms with Crippen LogP contribution in [0.1, 0.15) is 0 Å². The van der Waals surface area contributed by atoms with Gasteiger partial charge in [-0.3, -0.25) is 0 Å². The molecule has 0 amide bonds. The molecule has 0 spiro atoms. The fourth-order valence-corrected chi connectivity index (χ4v) is 2.00. The lowest BCUT2D eigenvalue weighted by Gasteiger charge is -1.98. The van der Waals surface area contributed by atoms with Gasteiger partial charge in [-0.15, -0.1) is 0 Å². The Morgan fingerprint density at radius 3 is 2.72 bits per heavy atom. The van der Waals surface area contributed by atoms with Crippen LogP contribution < -0.4 is 0 Å². The predicted octanol–water partition coefficient (Wildman–Crippen LogP) is 4.30. The van der Waals surface area contributed by atoms with Crippen molar-refractivity contribution in [2.75, 3.05) is 0 Å². The maximum atomic E-state index is 6.07. The molecule has 4 nitrogen and oxygen atoms in total. The fourth-order valence-electron chi connectivity index (χ4n) is 1.50. The van der Waals surface area contributed by atoms with Gasteiger partial charge in [0.2, 0.25) is 5.82 Å². The second kappa shape index (κ2) is 4.48. The maximum Gasteiger partial charge on any atom is 0.293 e. The molecule has 6 heteroatoms. The van der Waals surface area contributed by atoms with Crippen molar-refractivity contribution in [3.8, 4) is 23.0 Å². The number of aromatic nitrogens is 2. The van der Waals surface area contributed by atoms with Crippen LogP contribution in [0.15, 0.2) is 45.5 Å². The van der Waals surface area contributed by atoms with Gasteiger partial charge in [0.15, 0.2) is 5.76 Å². The molecule has 0 bridgehead atoms. The summed E-state index contributed by atoms with van der Waals surface area (Å²) < 4.78 is 10.3. The molecule has 0 radical (unpaired) electrons. The lowest BCUT2D eigenvalue weighted by atomic mass is 10.2. The van der Waals surface area contributed by atoms with Crippen LogP contribution in [0.5, 0.6) is 0 Å². The molecule has 0 aliphatic rings. The molecule has 90 valence electrons. The molecule has 0 unspecified atom stereocenters. The molecule has 0 aliphatic carbocycles. The number of hydrogen-bond donors (Lipinski definition) is 0. The number of hydrogen-bond acceptors (Lipinski definition) is 4. The van der Waals surface area contributed by atoms with Crippen LogP contribution >= 0.6 is 23.2 Å². The number of benzene rings is 1. The van der Waals surface area contributed by atoms with Gasteiger partial charge in [-0.1, -0.05) is 28.4 Å². The molecule has 3 rings (SSSR count). The first-order valence-corrected chi connectivity index (χ1v) is 5.82. The van der Waals surface area contributed by atoms with Crippen LogP contribution in [-0.4, -0.2) is 10.1 Å². The molecule has 0 fully saturated rings. The lowest BCUT2D eigenvalue weighted by molar-refractivity contribution is 0.417. The average molecular weight is 281 g/mol. The Hall–Kier alpha value is -1.78. The Balaban J connectivity index is 2.03.